The van der Waals surface area contributed by atoms with E-state index in [1.54, 1.807) is 7.11 Å². The van der Waals surface area contributed by atoms with Gasteiger partial charge in [0.1, 0.15) is 5.76 Å². The third-order valence-electron chi connectivity index (χ3n) is 2.38. The number of oxazole rings is 1. The van der Waals surface area contributed by atoms with Crippen LogP contribution in [0.4, 0.5) is 0 Å². The number of rotatable bonds is 8. The Kier molecular flexibility index (Phi) is 6.70. The molecule has 0 aliphatic rings. The van der Waals surface area contributed by atoms with Gasteiger partial charge in [-0.15, -0.1) is 0 Å². The van der Waals surface area contributed by atoms with Gasteiger partial charge in [0.2, 0.25) is 0 Å². The lowest BCUT2D eigenvalue weighted by Gasteiger charge is -2.14. The average molecular weight is 275 g/mol. The van der Waals surface area contributed by atoms with Crippen molar-refractivity contribution in [2.45, 2.75) is 38.2 Å². The summed E-state index contributed by atoms with van der Waals surface area (Å²) >= 11 is 1.39. The van der Waals surface area contributed by atoms with E-state index in [-0.39, 0.29) is 12.7 Å². The van der Waals surface area contributed by atoms with Crippen molar-refractivity contribution >= 4 is 11.8 Å². The molecule has 0 amide bonds. The highest BCUT2D eigenvalue weighted by Crippen LogP contribution is 2.20. The second-order valence-corrected chi connectivity index (χ2v) is 5.16. The first kappa shape index (κ1) is 15.5. The van der Waals surface area contributed by atoms with E-state index in [1.807, 2.05) is 20.8 Å². The predicted molar refractivity (Wildman–Crippen MR) is 70.0 cm³/mol. The maximum absolute atomic E-state index is 9.75. The van der Waals surface area contributed by atoms with Crippen molar-refractivity contribution < 1.29 is 19.0 Å². The number of aliphatic hydroxyl groups excluding tert-OH is 1. The van der Waals surface area contributed by atoms with Crippen molar-refractivity contribution in [1.29, 1.82) is 0 Å². The zero-order chi connectivity index (χ0) is 13.5. The fourth-order valence-corrected chi connectivity index (χ4v) is 2.10. The number of thioether (sulfide) groups is 1. The van der Waals surface area contributed by atoms with Gasteiger partial charge in [0.25, 0.3) is 5.22 Å². The van der Waals surface area contributed by atoms with Crippen LogP contribution in [0.2, 0.25) is 0 Å². The Balaban J connectivity index is 2.22. The van der Waals surface area contributed by atoms with E-state index in [2.05, 4.69) is 4.98 Å². The van der Waals surface area contributed by atoms with Crippen molar-refractivity contribution in [3.8, 4) is 0 Å². The molecule has 2 unspecified atom stereocenters. The molecule has 1 aromatic rings. The SMILES string of the molecule is COCC(C)OCC(O)CSc1nc(C)c(C)o1. The average Bonchev–Trinajstić information content (AvgIpc) is 2.64. The molecular weight excluding hydrogens is 254 g/mol. The van der Waals surface area contributed by atoms with Crippen LogP contribution in [0, 0.1) is 13.8 Å². The van der Waals surface area contributed by atoms with Gasteiger partial charge in [-0.25, -0.2) is 4.98 Å². The Morgan fingerprint density at radius 2 is 2.11 bits per heavy atom. The normalized spacial score (nSPS) is 14.7. The quantitative estimate of drug-likeness (QED) is 0.730. The predicted octanol–water partition coefficient (Wildman–Crippen LogP) is 1.80. The van der Waals surface area contributed by atoms with Gasteiger partial charge in [-0.2, -0.15) is 0 Å². The van der Waals surface area contributed by atoms with Crippen LogP contribution < -0.4 is 0 Å². The molecule has 6 heteroatoms. The van der Waals surface area contributed by atoms with E-state index in [9.17, 15) is 5.11 Å². The van der Waals surface area contributed by atoms with Crippen molar-refractivity contribution in [2.24, 2.45) is 0 Å². The highest BCUT2D eigenvalue weighted by molar-refractivity contribution is 7.99. The van der Waals surface area contributed by atoms with Crippen molar-refractivity contribution in [3.63, 3.8) is 0 Å². The van der Waals surface area contributed by atoms with E-state index in [4.69, 9.17) is 13.9 Å². The lowest BCUT2D eigenvalue weighted by Crippen LogP contribution is -2.24. The highest BCUT2D eigenvalue weighted by atomic mass is 32.2. The van der Waals surface area contributed by atoms with E-state index in [1.165, 1.54) is 11.8 Å². The Hall–Kier alpha value is -0.560. The van der Waals surface area contributed by atoms with Crippen LogP contribution in [0.25, 0.3) is 0 Å². The van der Waals surface area contributed by atoms with E-state index in [0.717, 1.165) is 11.5 Å². The van der Waals surface area contributed by atoms with Gasteiger partial charge >= 0.3 is 0 Å². The van der Waals surface area contributed by atoms with Gasteiger partial charge in [-0.1, -0.05) is 11.8 Å². The second kappa shape index (κ2) is 7.78. The van der Waals surface area contributed by atoms with Crippen LogP contribution in [0.5, 0.6) is 0 Å². The van der Waals surface area contributed by atoms with Gasteiger partial charge in [0.05, 0.1) is 31.1 Å². The van der Waals surface area contributed by atoms with E-state index >= 15 is 0 Å². The van der Waals surface area contributed by atoms with Crippen LogP contribution in [0.1, 0.15) is 18.4 Å². The number of aromatic nitrogens is 1. The van der Waals surface area contributed by atoms with Gasteiger partial charge in [-0.3, -0.25) is 0 Å². The molecule has 1 rings (SSSR count). The molecule has 0 radical (unpaired) electrons. The molecule has 1 heterocycles. The van der Waals surface area contributed by atoms with Crippen LogP contribution in [0.3, 0.4) is 0 Å². The topological polar surface area (TPSA) is 64.7 Å². The monoisotopic (exact) mass is 275 g/mol. The molecule has 0 aliphatic carbocycles. The smallest absolute Gasteiger partial charge is 0.256 e. The fraction of sp³-hybridized carbons (Fsp3) is 0.750. The van der Waals surface area contributed by atoms with Crippen LogP contribution in [0.15, 0.2) is 9.64 Å². The number of nitrogens with zero attached hydrogens (tertiary/aromatic N) is 1. The molecular formula is C12H21NO4S. The van der Waals surface area contributed by atoms with Gasteiger partial charge in [0, 0.05) is 12.9 Å². The summed E-state index contributed by atoms with van der Waals surface area (Å²) < 4.78 is 15.8. The molecule has 0 spiro atoms. The minimum Gasteiger partial charge on any atom is -0.437 e. The van der Waals surface area contributed by atoms with Gasteiger partial charge in [-0.05, 0) is 20.8 Å². The number of ether oxygens (including phenoxy) is 2. The lowest BCUT2D eigenvalue weighted by atomic mass is 10.4. The van der Waals surface area contributed by atoms with Crippen molar-refractivity contribution in [2.75, 3.05) is 26.1 Å². The molecule has 0 saturated carbocycles. The van der Waals surface area contributed by atoms with E-state index < -0.39 is 6.10 Å². The van der Waals surface area contributed by atoms with E-state index in [0.29, 0.717) is 17.6 Å². The summed E-state index contributed by atoms with van der Waals surface area (Å²) in [6, 6.07) is 0. The van der Waals surface area contributed by atoms with Crippen molar-refractivity contribution in [3.05, 3.63) is 11.5 Å². The minimum absolute atomic E-state index is 0.0131. The lowest BCUT2D eigenvalue weighted by molar-refractivity contribution is -0.0257. The molecule has 0 bridgehead atoms. The number of hydrogen-bond donors (Lipinski definition) is 1. The van der Waals surface area contributed by atoms with Crippen LogP contribution in [-0.4, -0.2) is 48.4 Å². The highest BCUT2D eigenvalue weighted by Gasteiger charge is 2.12. The third kappa shape index (κ3) is 5.39. The number of hydrogen-bond acceptors (Lipinski definition) is 6. The number of aryl methyl sites for hydroxylation is 2. The summed E-state index contributed by atoms with van der Waals surface area (Å²) in [6.07, 6.45) is -0.553. The van der Waals surface area contributed by atoms with Crippen LogP contribution in [-0.2, 0) is 9.47 Å². The van der Waals surface area contributed by atoms with Crippen molar-refractivity contribution in [1.82, 2.24) is 4.98 Å². The zero-order valence-corrected chi connectivity index (χ0v) is 12.1. The first-order valence-corrected chi connectivity index (χ1v) is 6.87. The Morgan fingerprint density at radius 3 is 2.67 bits per heavy atom. The molecule has 0 aromatic carbocycles. The molecule has 18 heavy (non-hydrogen) atoms. The molecule has 1 aromatic heterocycles. The fourth-order valence-electron chi connectivity index (χ4n) is 1.28. The maximum Gasteiger partial charge on any atom is 0.256 e. The summed E-state index contributed by atoms with van der Waals surface area (Å²) in [6.45, 7) is 6.49. The summed E-state index contributed by atoms with van der Waals surface area (Å²) in [5.74, 6) is 1.32. The zero-order valence-electron chi connectivity index (χ0n) is 11.3. The number of aliphatic hydroxyl groups is 1. The third-order valence-corrected chi connectivity index (χ3v) is 3.36. The maximum atomic E-state index is 9.75. The number of methoxy groups -OCH3 is 1. The summed E-state index contributed by atoms with van der Waals surface area (Å²) in [5.41, 5.74) is 0.886. The summed E-state index contributed by atoms with van der Waals surface area (Å²) in [7, 11) is 1.62. The summed E-state index contributed by atoms with van der Waals surface area (Å²) in [4.78, 5) is 4.23. The Labute approximate surface area is 112 Å². The van der Waals surface area contributed by atoms with Gasteiger partial charge < -0.3 is 19.0 Å². The largest absolute Gasteiger partial charge is 0.437 e. The molecule has 0 fully saturated rings. The molecule has 104 valence electrons. The van der Waals surface area contributed by atoms with Gasteiger partial charge in [0.15, 0.2) is 0 Å². The summed E-state index contributed by atoms with van der Waals surface area (Å²) in [5, 5.41) is 10.3. The molecule has 2 atom stereocenters. The Morgan fingerprint density at radius 1 is 1.39 bits per heavy atom. The second-order valence-electron chi connectivity index (χ2n) is 4.19. The first-order valence-electron chi connectivity index (χ1n) is 5.88. The Bertz CT molecular complexity index is 336. The molecule has 0 aliphatic heterocycles. The first-order chi connectivity index (χ1) is 8.52. The van der Waals surface area contributed by atoms with Crippen LogP contribution >= 0.6 is 11.8 Å². The molecule has 5 nitrogen and oxygen atoms in total. The standard InChI is InChI=1S/C12H21NO4S/c1-8(5-15-4)16-6-11(14)7-18-12-13-9(2)10(3)17-12/h8,11,14H,5-7H2,1-4H3. The molecule has 1 N–H and O–H groups in total. The minimum atomic E-state index is -0.540. The molecule has 0 saturated heterocycles.